The number of para-hydroxylation sites is 1. The number of carbonyl (C=O) groups is 2. The SMILES string of the molecule is CC(C)=C[C@H]1[C@@H](C(=O)N(Cc2ccco2)[C@@H](C(=O)Nc2c(C)cccc2C)c2ccccc2)C1(C)C. The van der Waals surface area contributed by atoms with Gasteiger partial charge >= 0.3 is 0 Å². The van der Waals surface area contributed by atoms with Crippen molar-refractivity contribution in [3.8, 4) is 0 Å². The molecule has 5 nitrogen and oxygen atoms in total. The highest BCUT2D eigenvalue weighted by molar-refractivity contribution is 5.99. The second kappa shape index (κ2) is 10.2. The number of aryl methyl sites for hydroxylation is 2. The van der Waals surface area contributed by atoms with Crippen LogP contribution in [0.1, 0.15) is 56.2 Å². The number of anilines is 1. The van der Waals surface area contributed by atoms with Crippen LogP contribution in [0.4, 0.5) is 5.69 Å². The van der Waals surface area contributed by atoms with E-state index in [2.05, 4.69) is 39.1 Å². The third kappa shape index (κ3) is 5.15. The number of hydrogen-bond acceptors (Lipinski definition) is 3. The van der Waals surface area contributed by atoms with Gasteiger partial charge < -0.3 is 14.6 Å². The normalized spacial score (nSPS) is 18.7. The number of nitrogens with zero attached hydrogens (tertiary/aromatic N) is 1. The molecule has 0 saturated heterocycles. The van der Waals surface area contributed by atoms with E-state index >= 15 is 0 Å². The van der Waals surface area contributed by atoms with Gasteiger partial charge in [-0.1, -0.05) is 74.0 Å². The van der Waals surface area contributed by atoms with E-state index in [9.17, 15) is 9.59 Å². The van der Waals surface area contributed by atoms with Gasteiger partial charge in [0.1, 0.15) is 11.8 Å². The molecule has 36 heavy (non-hydrogen) atoms. The van der Waals surface area contributed by atoms with Crippen LogP contribution in [-0.4, -0.2) is 16.7 Å². The number of benzene rings is 2. The molecule has 3 aromatic rings. The van der Waals surface area contributed by atoms with Gasteiger partial charge in [-0.2, -0.15) is 0 Å². The highest BCUT2D eigenvalue weighted by Crippen LogP contribution is 2.60. The lowest BCUT2D eigenvalue weighted by Crippen LogP contribution is -2.42. The molecule has 5 heteroatoms. The summed E-state index contributed by atoms with van der Waals surface area (Å²) in [6.07, 6.45) is 3.78. The summed E-state index contributed by atoms with van der Waals surface area (Å²) in [7, 11) is 0. The molecular weight excluding hydrogens is 448 g/mol. The van der Waals surface area contributed by atoms with Gasteiger partial charge in [0, 0.05) is 5.69 Å². The lowest BCUT2D eigenvalue weighted by Gasteiger charge is -2.32. The molecule has 1 heterocycles. The maximum Gasteiger partial charge on any atom is 0.251 e. The van der Waals surface area contributed by atoms with Crippen molar-refractivity contribution in [2.75, 3.05) is 5.32 Å². The van der Waals surface area contributed by atoms with E-state index in [0.29, 0.717) is 5.76 Å². The first-order valence-electron chi connectivity index (χ1n) is 12.5. The summed E-state index contributed by atoms with van der Waals surface area (Å²) < 4.78 is 5.64. The lowest BCUT2D eigenvalue weighted by atomic mass is 10.0. The fraction of sp³-hybridized carbons (Fsp3) is 0.355. The minimum atomic E-state index is -0.813. The van der Waals surface area contributed by atoms with Crippen molar-refractivity contribution in [3.05, 3.63) is 101 Å². The predicted molar refractivity (Wildman–Crippen MR) is 143 cm³/mol. The van der Waals surface area contributed by atoms with Crippen LogP contribution in [0.3, 0.4) is 0 Å². The van der Waals surface area contributed by atoms with E-state index in [1.165, 1.54) is 5.57 Å². The molecule has 1 N–H and O–H groups in total. The van der Waals surface area contributed by atoms with Gasteiger partial charge in [-0.05, 0) is 67.9 Å². The third-order valence-corrected chi connectivity index (χ3v) is 7.28. The van der Waals surface area contributed by atoms with Gasteiger partial charge in [0.05, 0.1) is 18.7 Å². The topological polar surface area (TPSA) is 62.6 Å². The zero-order chi connectivity index (χ0) is 26.0. The van der Waals surface area contributed by atoms with Crippen molar-refractivity contribution < 1.29 is 14.0 Å². The van der Waals surface area contributed by atoms with E-state index in [0.717, 1.165) is 22.4 Å². The lowest BCUT2D eigenvalue weighted by molar-refractivity contribution is -0.142. The molecule has 2 amide bonds. The number of amides is 2. The maximum atomic E-state index is 14.2. The summed E-state index contributed by atoms with van der Waals surface area (Å²) in [6.45, 7) is 12.5. The largest absolute Gasteiger partial charge is 0.467 e. The smallest absolute Gasteiger partial charge is 0.251 e. The van der Waals surface area contributed by atoms with E-state index < -0.39 is 6.04 Å². The van der Waals surface area contributed by atoms with Crippen LogP contribution in [0.15, 0.2) is 83.0 Å². The quantitative estimate of drug-likeness (QED) is 0.356. The van der Waals surface area contributed by atoms with Gasteiger partial charge in [-0.3, -0.25) is 9.59 Å². The predicted octanol–water partition coefficient (Wildman–Crippen LogP) is 6.84. The number of allylic oxidation sites excluding steroid dienone is 2. The van der Waals surface area contributed by atoms with E-state index in [4.69, 9.17) is 4.42 Å². The Bertz CT molecular complexity index is 1230. The zero-order valence-corrected chi connectivity index (χ0v) is 22.0. The van der Waals surface area contributed by atoms with E-state index in [1.807, 2.05) is 68.4 Å². The summed E-state index contributed by atoms with van der Waals surface area (Å²) >= 11 is 0. The summed E-state index contributed by atoms with van der Waals surface area (Å²) in [5.41, 5.74) is 4.51. The molecule has 1 saturated carbocycles. The average molecular weight is 485 g/mol. The number of nitrogens with one attached hydrogen (secondary N) is 1. The van der Waals surface area contributed by atoms with Gasteiger partial charge in [-0.25, -0.2) is 0 Å². The Morgan fingerprint density at radius 2 is 1.67 bits per heavy atom. The zero-order valence-electron chi connectivity index (χ0n) is 22.0. The Balaban J connectivity index is 1.76. The van der Waals surface area contributed by atoms with Gasteiger partial charge in [0.15, 0.2) is 0 Å². The van der Waals surface area contributed by atoms with Gasteiger partial charge in [-0.15, -0.1) is 0 Å². The molecule has 0 bridgehead atoms. The van der Waals surface area contributed by atoms with Gasteiger partial charge in [0.2, 0.25) is 5.91 Å². The highest BCUT2D eigenvalue weighted by Gasteiger charge is 2.62. The summed E-state index contributed by atoms with van der Waals surface area (Å²) in [4.78, 5) is 29.9. The van der Waals surface area contributed by atoms with E-state index in [1.54, 1.807) is 17.2 Å². The van der Waals surface area contributed by atoms with Crippen molar-refractivity contribution in [2.24, 2.45) is 17.3 Å². The third-order valence-electron chi connectivity index (χ3n) is 7.28. The summed E-state index contributed by atoms with van der Waals surface area (Å²) in [5.74, 6) is 0.287. The van der Waals surface area contributed by atoms with E-state index in [-0.39, 0.29) is 35.6 Å². The molecule has 0 unspecified atom stereocenters. The maximum absolute atomic E-state index is 14.2. The van der Waals surface area contributed by atoms with Crippen LogP contribution in [0.5, 0.6) is 0 Å². The molecule has 2 aromatic carbocycles. The molecule has 0 aliphatic heterocycles. The molecule has 0 radical (unpaired) electrons. The molecule has 0 spiro atoms. The monoisotopic (exact) mass is 484 g/mol. The molecular formula is C31H36N2O3. The van der Waals surface area contributed by atoms with Crippen LogP contribution in [0.25, 0.3) is 0 Å². The van der Waals surface area contributed by atoms with Crippen molar-refractivity contribution in [3.63, 3.8) is 0 Å². The summed E-state index contributed by atoms with van der Waals surface area (Å²) in [6, 6.07) is 18.3. The molecule has 1 aliphatic carbocycles. The number of rotatable bonds is 8. The Kier molecular flexibility index (Phi) is 7.21. The van der Waals surface area contributed by atoms with Crippen LogP contribution in [-0.2, 0) is 16.1 Å². The Morgan fingerprint density at radius 3 is 2.25 bits per heavy atom. The second-order valence-electron chi connectivity index (χ2n) is 10.7. The van der Waals surface area contributed by atoms with Crippen LogP contribution < -0.4 is 5.32 Å². The number of carbonyl (C=O) groups excluding carboxylic acids is 2. The molecule has 1 aliphatic rings. The first-order chi connectivity index (χ1) is 17.1. The summed E-state index contributed by atoms with van der Waals surface area (Å²) in [5, 5.41) is 3.14. The first-order valence-corrected chi connectivity index (χ1v) is 12.5. The highest BCUT2D eigenvalue weighted by atomic mass is 16.3. The number of hydrogen-bond donors (Lipinski definition) is 1. The molecule has 4 rings (SSSR count). The fourth-order valence-electron chi connectivity index (χ4n) is 5.18. The molecule has 1 fully saturated rings. The standard InChI is InChI=1S/C31H36N2O3/c1-20(2)18-25-26(31(25,5)6)30(35)33(19-24-16-11-17-36-24)28(23-14-8-7-9-15-23)29(34)32-27-21(3)12-10-13-22(27)4/h7-18,25-26,28H,19H2,1-6H3,(H,32,34)/t25-,26-,28+/m0/s1. The Labute approximate surface area is 214 Å². The minimum Gasteiger partial charge on any atom is -0.467 e. The number of furan rings is 1. The van der Waals surface area contributed by atoms with Crippen molar-refractivity contribution in [2.45, 2.75) is 54.1 Å². The van der Waals surface area contributed by atoms with Crippen molar-refractivity contribution >= 4 is 17.5 Å². The van der Waals surface area contributed by atoms with Crippen molar-refractivity contribution in [1.82, 2.24) is 4.90 Å². The molecule has 1 aromatic heterocycles. The molecule has 3 atom stereocenters. The van der Waals surface area contributed by atoms with Crippen molar-refractivity contribution in [1.29, 1.82) is 0 Å². The average Bonchev–Trinajstić information content (AvgIpc) is 3.14. The van der Waals surface area contributed by atoms with Crippen LogP contribution >= 0.6 is 0 Å². The second-order valence-corrected chi connectivity index (χ2v) is 10.7. The molecule has 188 valence electrons. The Morgan fingerprint density at radius 1 is 1.00 bits per heavy atom. The van der Waals surface area contributed by atoms with Crippen LogP contribution in [0.2, 0.25) is 0 Å². The van der Waals surface area contributed by atoms with Gasteiger partial charge in [0.25, 0.3) is 5.91 Å². The minimum absolute atomic E-state index is 0.0376. The Hall–Kier alpha value is -3.60. The first kappa shape index (κ1) is 25.5. The van der Waals surface area contributed by atoms with Crippen LogP contribution in [0, 0.1) is 31.1 Å². The fourth-order valence-corrected chi connectivity index (χ4v) is 5.18.